The van der Waals surface area contributed by atoms with Crippen molar-refractivity contribution in [2.75, 3.05) is 16.4 Å². The van der Waals surface area contributed by atoms with E-state index in [9.17, 15) is 8.42 Å². The molecule has 7 heteroatoms. The van der Waals surface area contributed by atoms with Crippen LogP contribution in [0.3, 0.4) is 0 Å². The first-order valence-electron chi connectivity index (χ1n) is 8.19. The number of pyridine rings is 1. The molecule has 0 radical (unpaired) electrons. The SMILES string of the molecule is O=S(=O)(CCCCl)Nc1cccc(COc2cccc3cccnc23)c1. The van der Waals surface area contributed by atoms with E-state index in [1.807, 2.05) is 36.4 Å². The smallest absolute Gasteiger partial charge is 0.232 e. The molecule has 0 aliphatic carbocycles. The van der Waals surface area contributed by atoms with Crippen LogP contribution in [-0.4, -0.2) is 25.0 Å². The van der Waals surface area contributed by atoms with Gasteiger partial charge in [0.15, 0.2) is 0 Å². The second-order valence-corrected chi connectivity index (χ2v) is 8.00. The number of alkyl halides is 1. The Bertz CT molecular complexity index is 988. The van der Waals surface area contributed by atoms with Crippen molar-refractivity contribution in [1.29, 1.82) is 0 Å². The highest BCUT2D eigenvalue weighted by Gasteiger charge is 2.10. The Kier molecular flexibility index (Phi) is 5.96. The van der Waals surface area contributed by atoms with Crippen molar-refractivity contribution in [2.45, 2.75) is 13.0 Å². The van der Waals surface area contributed by atoms with E-state index < -0.39 is 10.0 Å². The molecule has 3 aromatic rings. The van der Waals surface area contributed by atoms with Crippen molar-refractivity contribution in [1.82, 2.24) is 4.98 Å². The Morgan fingerprint density at radius 2 is 1.88 bits per heavy atom. The lowest BCUT2D eigenvalue weighted by molar-refractivity contribution is 0.309. The zero-order chi connectivity index (χ0) is 18.4. The van der Waals surface area contributed by atoms with Gasteiger partial charge in [-0.15, -0.1) is 11.6 Å². The maximum Gasteiger partial charge on any atom is 0.232 e. The minimum Gasteiger partial charge on any atom is -0.487 e. The number of hydrogen-bond acceptors (Lipinski definition) is 4. The summed E-state index contributed by atoms with van der Waals surface area (Å²) in [5, 5.41) is 1.01. The molecule has 136 valence electrons. The van der Waals surface area contributed by atoms with E-state index in [0.717, 1.165) is 16.5 Å². The van der Waals surface area contributed by atoms with Crippen LogP contribution in [0.4, 0.5) is 5.69 Å². The number of nitrogens with zero attached hydrogens (tertiary/aromatic N) is 1. The van der Waals surface area contributed by atoms with Gasteiger partial charge in [-0.1, -0.05) is 30.3 Å². The highest BCUT2D eigenvalue weighted by molar-refractivity contribution is 7.92. The standard InChI is InChI=1S/C19H19ClN2O3S/c20-10-4-12-26(23,24)22-17-8-1-5-15(13-17)14-25-18-9-2-6-16-7-3-11-21-19(16)18/h1-3,5-9,11,13,22H,4,10,12,14H2. The minimum atomic E-state index is -3.39. The minimum absolute atomic E-state index is 0.00109. The van der Waals surface area contributed by atoms with Gasteiger partial charge in [-0.25, -0.2) is 8.42 Å². The van der Waals surface area contributed by atoms with Gasteiger partial charge in [0.1, 0.15) is 17.9 Å². The lowest BCUT2D eigenvalue weighted by Gasteiger charge is -2.11. The summed E-state index contributed by atoms with van der Waals surface area (Å²) >= 11 is 5.56. The molecule has 1 N–H and O–H groups in total. The van der Waals surface area contributed by atoms with Gasteiger partial charge in [0.25, 0.3) is 0 Å². The van der Waals surface area contributed by atoms with Gasteiger partial charge in [-0.3, -0.25) is 9.71 Å². The van der Waals surface area contributed by atoms with Crippen LogP contribution in [0.15, 0.2) is 60.8 Å². The van der Waals surface area contributed by atoms with Crippen LogP contribution in [0, 0.1) is 0 Å². The van der Waals surface area contributed by atoms with E-state index in [1.165, 1.54) is 0 Å². The highest BCUT2D eigenvalue weighted by atomic mass is 35.5. The largest absolute Gasteiger partial charge is 0.487 e. The molecule has 2 aromatic carbocycles. The molecule has 0 aliphatic rings. The third kappa shape index (κ3) is 4.86. The molecule has 0 amide bonds. The third-order valence-corrected chi connectivity index (χ3v) is 5.38. The molecule has 0 saturated heterocycles. The van der Waals surface area contributed by atoms with Crippen molar-refractivity contribution in [3.8, 4) is 5.75 Å². The second kappa shape index (κ2) is 8.38. The number of benzene rings is 2. The molecule has 26 heavy (non-hydrogen) atoms. The van der Waals surface area contributed by atoms with Crippen LogP contribution in [0.1, 0.15) is 12.0 Å². The molecule has 1 aromatic heterocycles. The number of halogens is 1. The summed E-state index contributed by atoms with van der Waals surface area (Å²) in [6.45, 7) is 0.312. The topological polar surface area (TPSA) is 68.3 Å². The first-order chi connectivity index (χ1) is 12.6. The lowest BCUT2D eigenvalue weighted by atomic mass is 10.2. The Labute approximate surface area is 158 Å². The molecule has 0 spiro atoms. The van der Waals surface area contributed by atoms with Gasteiger partial charge >= 0.3 is 0 Å². The molecule has 0 fully saturated rings. The van der Waals surface area contributed by atoms with Crippen molar-refractivity contribution in [3.05, 3.63) is 66.4 Å². The predicted molar refractivity (Wildman–Crippen MR) is 105 cm³/mol. The van der Waals surface area contributed by atoms with Crippen molar-refractivity contribution in [3.63, 3.8) is 0 Å². The summed E-state index contributed by atoms with van der Waals surface area (Å²) in [5.74, 6) is 1.00. The molecule has 5 nitrogen and oxygen atoms in total. The first-order valence-corrected chi connectivity index (χ1v) is 10.4. The van der Waals surface area contributed by atoms with Gasteiger partial charge in [-0.05, 0) is 36.2 Å². The average molecular weight is 391 g/mol. The zero-order valence-corrected chi connectivity index (χ0v) is 15.6. The number of anilines is 1. The number of ether oxygens (including phenoxy) is 1. The van der Waals surface area contributed by atoms with Crippen molar-refractivity contribution < 1.29 is 13.2 Å². The molecule has 0 aliphatic heterocycles. The Morgan fingerprint density at radius 1 is 1.08 bits per heavy atom. The average Bonchev–Trinajstić information content (AvgIpc) is 2.65. The summed E-state index contributed by atoms with van der Waals surface area (Å²) in [6, 6.07) is 16.8. The second-order valence-electron chi connectivity index (χ2n) is 5.78. The predicted octanol–water partition coefficient (Wildman–Crippen LogP) is 4.18. The molecular formula is C19H19ClN2O3S. The van der Waals surface area contributed by atoms with Gasteiger partial charge in [0, 0.05) is 23.2 Å². The van der Waals surface area contributed by atoms with Gasteiger partial charge in [0.05, 0.1) is 5.75 Å². The van der Waals surface area contributed by atoms with Crippen LogP contribution < -0.4 is 9.46 Å². The fourth-order valence-electron chi connectivity index (χ4n) is 2.55. The van der Waals surface area contributed by atoms with Crippen LogP contribution >= 0.6 is 11.6 Å². The number of para-hydroxylation sites is 1. The Hall–Kier alpha value is -2.31. The number of rotatable bonds is 8. The molecule has 3 rings (SSSR count). The molecule has 1 heterocycles. The van der Waals surface area contributed by atoms with Crippen LogP contribution in [-0.2, 0) is 16.6 Å². The fraction of sp³-hybridized carbons (Fsp3) is 0.211. The van der Waals surface area contributed by atoms with Crippen molar-refractivity contribution >= 4 is 38.2 Å². The summed E-state index contributed by atoms with van der Waals surface area (Å²) in [5.41, 5.74) is 2.17. The quantitative estimate of drug-likeness (QED) is 0.586. The Morgan fingerprint density at radius 3 is 2.73 bits per heavy atom. The van der Waals surface area contributed by atoms with Crippen LogP contribution in [0.2, 0.25) is 0 Å². The summed E-state index contributed by atoms with van der Waals surface area (Å²) < 4.78 is 32.4. The summed E-state index contributed by atoms with van der Waals surface area (Å²) in [7, 11) is -3.39. The number of aromatic nitrogens is 1. The molecule has 0 saturated carbocycles. The van der Waals surface area contributed by atoms with Gasteiger partial charge in [0.2, 0.25) is 10.0 Å². The first kappa shape index (κ1) is 18.5. The number of fused-ring (bicyclic) bond motifs is 1. The van der Waals surface area contributed by atoms with Crippen LogP contribution in [0.25, 0.3) is 10.9 Å². The molecular weight excluding hydrogens is 372 g/mol. The number of sulfonamides is 1. The van der Waals surface area contributed by atoms with Crippen LogP contribution in [0.5, 0.6) is 5.75 Å². The maximum atomic E-state index is 12.0. The van der Waals surface area contributed by atoms with Gasteiger partial charge < -0.3 is 4.74 Å². The van der Waals surface area contributed by atoms with E-state index in [1.54, 1.807) is 24.4 Å². The zero-order valence-electron chi connectivity index (χ0n) is 14.1. The highest BCUT2D eigenvalue weighted by Crippen LogP contribution is 2.24. The monoisotopic (exact) mass is 390 g/mol. The molecule has 0 unspecified atom stereocenters. The molecule has 0 bridgehead atoms. The maximum absolute atomic E-state index is 12.0. The van der Waals surface area contributed by atoms with E-state index in [2.05, 4.69) is 9.71 Å². The van der Waals surface area contributed by atoms with E-state index in [-0.39, 0.29) is 5.75 Å². The number of nitrogens with one attached hydrogen (secondary N) is 1. The lowest BCUT2D eigenvalue weighted by Crippen LogP contribution is -2.17. The summed E-state index contributed by atoms with van der Waals surface area (Å²) in [4.78, 5) is 4.36. The van der Waals surface area contributed by atoms with E-state index in [4.69, 9.17) is 16.3 Å². The molecule has 0 atom stereocenters. The van der Waals surface area contributed by atoms with E-state index in [0.29, 0.717) is 30.3 Å². The van der Waals surface area contributed by atoms with Gasteiger partial charge in [-0.2, -0.15) is 0 Å². The number of hydrogen-bond donors (Lipinski definition) is 1. The van der Waals surface area contributed by atoms with E-state index >= 15 is 0 Å². The van der Waals surface area contributed by atoms with Crippen molar-refractivity contribution in [2.24, 2.45) is 0 Å². The Balaban J connectivity index is 1.71. The summed E-state index contributed by atoms with van der Waals surface area (Å²) in [6.07, 6.45) is 2.14. The third-order valence-electron chi connectivity index (χ3n) is 3.74. The fourth-order valence-corrected chi connectivity index (χ4v) is 3.96. The normalized spacial score (nSPS) is 11.4.